The summed E-state index contributed by atoms with van der Waals surface area (Å²) in [5.74, 6) is 1.23. The number of amides is 1. The van der Waals surface area contributed by atoms with E-state index in [2.05, 4.69) is 10.3 Å². The largest absolute Gasteiger partial charge is 0.497 e. The lowest BCUT2D eigenvalue weighted by atomic mass is 10.2. The van der Waals surface area contributed by atoms with Crippen LogP contribution < -0.4 is 19.5 Å². The molecule has 1 heterocycles. The lowest BCUT2D eigenvalue weighted by Gasteiger charge is -2.09. The lowest BCUT2D eigenvalue weighted by molar-refractivity contribution is 0.102. The van der Waals surface area contributed by atoms with Crippen LogP contribution in [0.1, 0.15) is 10.4 Å². The molecule has 0 saturated heterocycles. The number of anilines is 1. The van der Waals surface area contributed by atoms with E-state index < -0.39 is 0 Å². The zero-order chi connectivity index (χ0) is 18.0. The Hall–Kier alpha value is -2.51. The van der Waals surface area contributed by atoms with E-state index in [4.69, 9.17) is 25.8 Å². The van der Waals surface area contributed by atoms with Crippen molar-refractivity contribution in [3.05, 3.63) is 40.9 Å². The first-order valence-corrected chi connectivity index (χ1v) is 8.43. The van der Waals surface area contributed by atoms with E-state index >= 15 is 0 Å². The van der Waals surface area contributed by atoms with Gasteiger partial charge in [-0.2, -0.15) is 0 Å². The van der Waals surface area contributed by atoms with Gasteiger partial charge in [-0.3, -0.25) is 10.1 Å². The summed E-state index contributed by atoms with van der Waals surface area (Å²) >= 11 is 7.48. The number of aromatic nitrogens is 1. The molecule has 8 heteroatoms. The van der Waals surface area contributed by atoms with Gasteiger partial charge in [0.1, 0.15) is 22.8 Å². The fourth-order valence-electron chi connectivity index (χ4n) is 2.33. The van der Waals surface area contributed by atoms with Crippen LogP contribution in [0.4, 0.5) is 5.13 Å². The van der Waals surface area contributed by atoms with E-state index in [1.807, 2.05) is 0 Å². The number of benzene rings is 2. The number of rotatable bonds is 5. The van der Waals surface area contributed by atoms with Crippen LogP contribution in [0.5, 0.6) is 17.2 Å². The Morgan fingerprint density at radius 3 is 2.48 bits per heavy atom. The van der Waals surface area contributed by atoms with Gasteiger partial charge in [0.15, 0.2) is 5.13 Å². The first-order chi connectivity index (χ1) is 12.1. The molecule has 0 spiro atoms. The monoisotopic (exact) mass is 378 g/mol. The van der Waals surface area contributed by atoms with Gasteiger partial charge in [-0.05, 0) is 30.3 Å². The number of thiazole rings is 1. The minimum absolute atomic E-state index is 0.346. The number of ether oxygens (including phenoxy) is 3. The molecular weight excluding hydrogens is 364 g/mol. The zero-order valence-corrected chi connectivity index (χ0v) is 15.3. The van der Waals surface area contributed by atoms with Crippen LogP contribution in [-0.4, -0.2) is 32.2 Å². The maximum Gasteiger partial charge on any atom is 0.261 e. The molecule has 25 heavy (non-hydrogen) atoms. The second-order valence-electron chi connectivity index (χ2n) is 4.97. The summed E-state index contributed by atoms with van der Waals surface area (Å²) in [4.78, 5) is 17.0. The molecule has 1 N–H and O–H groups in total. The first-order valence-electron chi connectivity index (χ1n) is 7.23. The Morgan fingerprint density at radius 2 is 1.80 bits per heavy atom. The Bertz CT molecular complexity index is 942. The van der Waals surface area contributed by atoms with Crippen molar-refractivity contribution in [1.29, 1.82) is 0 Å². The summed E-state index contributed by atoms with van der Waals surface area (Å²) in [6.45, 7) is 0. The van der Waals surface area contributed by atoms with Crippen LogP contribution in [0.25, 0.3) is 10.2 Å². The molecule has 130 valence electrons. The summed E-state index contributed by atoms with van der Waals surface area (Å²) in [5, 5.41) is 3.73. The van der Waals surface area contributed by atoms with Crippen molar-refractivity contribution < 1.29 is 19.0 Å². The van der Waals surface area contributed by atoms with Crippen molar-refractivity contribution in [3.8, 4) is 17.2 Å². The van der Waals surface area contributed by atoms with E-state index in [1.54, 1.807) is 37.4 Å². The smallest absolute Gasteiger partial charge is 0.261 e. The lowest BCUT2D eigenvalue weighted by Crippen LogP contribution is -2.13. The van der Waals surface area contributed by atoms with Crippen molar-refractivity contribution in [2.75, 3.05) is 26.6 Å². The van der Waals surface area contributed by atoms with E-state index in [0.717, 1.165) is 4.70 Å². The Morgan fingerprint density at radius 1 is 1.08 bits per heavy atom. The molecule has 0 saturated carbocycles. The van der Waals surface area contributed by atoms with Crippen molar-refractivity contribution in [2.24, 2.45) is 0 Å². The molecule has 0 aliphatic heterocycles. The molecule has 0 atom stereocenters. The number of carbonyl (C=O) groups excluding carboxylic acids is 1. The number of carbonyl (C=O) groups is 1. The van der Waals surface area contributed by atoms with Crippen LogP contribution in [-0.2, 0) is 0 Å². The predicted octanol–water partition coefficient (Wildman–Crippen LogP) is 4.23. The molecule has 1 aromatic heterocycles. The minimum Gasteiger partial charge on any atom is -0.497 e. The zero-order valence-electron chi connectivity index (χ0n) is 13.8. The summed E-state index contributed by atoms with van der Waals surface area (Å²) in [5.41, 5.74) is 0.951. The van der Waals surface area contributed by atoms with Gasteiger partial charge in [-0.15, -0.1) is 0 Å². The maximum atomic E-state index is 12.6. The van der Waals surface area contributed by atoms with Gasteiger partial charge < -0.3 is 14.2 Å². The Balaban J connectivity index is 1.96. The van der Waals surface area contributed by atoms with Crippen molar-refractivity contribution in [2.45, 2.75) is 0 Å². The third kappa shape index (κ3) is 3.33. The Labute approximate surface area is 153 Å². The number of methoxy groups -OCH3 is 3. The number of hydrogen-bond acceptors (Lipinski definition) is 6. The summed E-state index contributed by atoms with van der Waals surface area (Å²) in [7, 11) is 4.59. The fourth-order valence-corrected chi connectivity index (χ4v) is 3.48. The molecule has 0 unspecified atom stereocenters. The second kappa shape index (κ2) is 7.16. The van der Waals surface area contributed by atoms with E-state index in [9.17, 15) is 4.79 Å². The quantitative estimate of drug-likeness (QED) is 0.719. The summed E-state index contributed by atoms with van der Waals surface area (Å²) < 4.78 is 16.4. The first kappa shape index (κ1) is 17.3. The molecule has 2 aromatic carbocycles. The Kier molecular flexibility index (Phi) is 4.96. The topological polar surface area (TPSA) is 69.7 Å². The van der Waals surface area contributed by atoms with E-state index in [-0.39, 0.29) is 5.91 Å². The maximum absolute atomic E-state index is 12.6. The average Bonchev–Trinajstić information content (AvgIpc) is 3.06. The summed E-state index contributed by atoms with van der Waals surface area (Å²) in [6, 6.07) is 8.47. The third-order valence-electron chi connectivity index (χ3n) is 3.55. The fraction of sp³-hybridized carbons (Fsp3) is 0.176. The SMILES string of the molecule is COc1ccc(OC)c(C(=O)Nc2nc3c(OC)ccc(Cl)c3s2)c1. The van der Waals surface area contributed by atoms with Crippen LogP contribution in [0.2, 0.25) is 5.02 Å². The number of fused-ring (bicyclic) bond motifs is 1. The highest BCUT2D eigenvalue weighted by Gasteiger charge is 2.18. The number of nitrogens with zero attached hydrogens (tertiary/aromatic N) is 1. The van der Waals surface area contributed by atoms with E-state index in [0.29, 0.717) is 38.5 Å². The standard InChI is InChI=1S/C17H15ClN2O4S/c1-22-9-4-6-12(23-2)10(8-9)16(21)20-17-19-14-13(24-3)7-5-11(18)15(14)25-17/h4-8H,1-3H3,(H,19,20,21). The van der Waals surface area contributed by atoms with Crippen LogP contribution in [0, 0.1) is 0 Å². The highest BCUT2D eigenvalue weighted by atomic mass is 35.5. The molecule has 0 aliphatic carbocycles. The van der Waals surface area contributed by atoms with Crippen molar-refractivity contribution in [3.63, 3.8) is 0 Å². The predicted molar refractivity (Wildman–Crippen MR) is 98.7 cm³/mol. The van der Waals surface area contributed by atoms with Crippen molar-refractivity contribution >= 4 is 44.2 Å². The number of nitrogens with one attached hydrogen (secondary N) is 1. The molecule has 1 amide bonds. The van der Waals surface area contributed by atoms with Gasteiger partial charge in [0.05, 0.1) is 36.6 Å². The summed E-state index contributed by atoms with van der Waals surface area (Å²) in [6.07, 6.45) is 0. The number of halogens is 1. The van der Waals surface area contributed by atoms with Crippen LogP contribution in [0.15, 0.2) is 30.3 Å². The second-order valence-corrected chi connectivity index (χ2v) is 6.37. The molecular formula is C17H15ClN2O4S. The van der Waals surface area contributed by atoms with E-state index in [1.165, 1.54) is 25.6 Å². The molecule has 0 aliphatic rings. The molecule has 3 rings (SSSR count). The van der Waals surface area contributed by atoms with Gasteiger partial charge in [0.25, 0.3) is 5.91 Å². The normalized spacial score (nSPS) is 10.6. The van der Waals surface area contributed by atoms with Crippen molar-refractivity contribution in [1.82, 2.24) is 4.98 Å². The molecule has 6 nitrogen and oxygen atoms in total. The van der Waals surface area contributed by atoms with Gasteiger partial charge in [0.2, 0.25) is 0 Å². The average molecular weight is 379 g/mol. The highest BCUT2D eigenvalue weighted by Crippen LogP contribution is 2.37. The molecule has 0 bridgehead atoms. The van der Waals surface area contributed by atoms with Crippen LogP contribution in [0.3, 0.4) is 0 Å². The molecule has 0 fully saturated rings. The highest BCUT2D eigenvalue weighted by molar-refractivity contribution is 7.23. The molecule has 0 radical (unpaired) electrons. The van der Waals surface area contributed by atoms with Gasteiger partial charge in [-0.1, -0.05) is 22.9 Å². The number of hydrogen-bond donors (Lipinski definition) is 1. The molecule has 3 aromatic rings. The van der Waals surface area contributed by atoms with Gasteiger partial charge in [-0.25, -0.2) is 4.98 Å². The van der Waals surface area contributed by atoms with Gasteiger partial charge >= 0.3 is 0 Å². The van der Waals surface area contributed by atoms with Gasteiger partial charge in [0, 0.05) is 0 Å². The third-order valence-corrected chi connectivity index (χ3v) is 4.98. The van der Waals surface area contributed by atoms with Crippen LogP contribution >= 0.6 is 22.9 Å². The minimum atomic E-state index is -0.357.